The molecule has 1 fully saturated rings. The molecule has 0 spiro atoms. The quantitative estimate of drug-likeness (QED) is 0.641. The number of hydrogen-bond acceptors (Lipinski definition) is 6. The van der Waals surface area contributed by atoms with E-state index in [2.05, 4.69) is 27.1 Å². The molecule has 0 amide bonds. The van der Waals surface area contributed by atoms with Gasteiger partial charge in [0.1, 0.15) is 11.2 Å². The minimum absolute atomic E-state index is 0.0643. The molecular weight excluding hydrogens is 372 g/mol. The number of thiophene rings is 1. The van der Waals surface area contributed by atoms with Crippen LogP contribution in [0, 0.1) is 0 Å². The standard InChI is InChI=1S/C21H22N4O2S/c26-21-19-17-3-1-2-4-18(17)28-20(19)22-14-25(21)23-13-15-5-7-16(8-6-15)24-9-11-27-12-10-24/h5-8,13-14H,1-4,9-12H2. The zero-order valence-electron chi connectivity index (χ0n) is 15.6. The molecule has 0 bridgehead atoms. The van der Waals surface area contributed by atoms with Gasteiger partial charge in [0.25, 0.3) is 5.56 Å². The third-order valence-corrected chi connectivity index (χ3v) is 6.66. The van der Waals surface area contributed by atoms with Crippen molar-refractivity contribution in [2.75, 3.05) is 31.2 Å². The lowest BCUT2D eigenvalue weighted by molar-refractivity contribution is 0.122. The van der Waals surface area contributed by atoms with Gasteiger partial charge in [-0.25, -0.2) is 4.98 Å². The highest BCUT2D eigenvalue weighted by atomic mass is 32.1. The Morgan fingerprint density at radius 3 is 2.71 bits per heavy atom. The second kappa shape index (κ2) is 7.48. The van der Waals surface area contributed by atoms with E-state index in [1.807, 2.05) is 12.1 Å². The van der Waals surface area contributed by atoms with Gasteiger partial charge in [-0.1, -0.05) is 12.1 Å². The van der Waals surface area contributed by atoms with Crippen LogP contribution in [0.1, 0.15) is 28.8 Å². The molecule has 0 atom stereocenters. The van der Waals surface area contributed by atoms with Gasteiger partial charge in [0.15, 0.2) is 0 Å². The zero-order chi connectivity index (χ0) is 18.9. The van der Waals surface area contributed by atoms with Crippen molar-refractivity contribution in [1.29, 1.82) is 0 Å². The lowest BCUT2D eigenvalue weighted by Crippen LogP contribution is -2.36. The van der Waals surface area contributed by atoms with Crippen LogP contribution in [-0.4, -0.2) is 42.2 Å². The number of aryl methyl sites for hydroxylation is 2. The van der Waals surface area contributed by atoms with Gasteiger partial charge in [-0.2, -0.15) is 9.78 Å². The molecule has 5 rings (SSSR count). The Kier molecular flexibility index (Phi) is 4.70. The van der Waals surface area contributed by atoms with Gasteiger partial charge >= 0.3 is 0 Å². The lowest BCUT2D eigenvalue weighted by atomic mass is 9.97. The van der Waals surface area contributed by atoms with E-state index in [9.17, 15) is 4.79 Å². The van der Waals surface area contributed by atoms with Crippen molar-refractivity contribution in [2.24, 2.45) is 5.10 Å². The molecule has 0 radical (unpaired) electrons. The molecule has 28 heavy (non-hydrogen) atoms. The Morgan fingerprint density at radius 1 is 1.11 bits per heavy atom. The number of ether oxygens (including phenoxy) is 1. The second-order valence-corrected chi connectivity index (χ2v) is 8.30. The molecule has 3 aromatic rings. The number of nitrogens with zero attached hydrogens (tertiary/aromatic N) is 4. The van der Waals surface area contributed by atoms with Gasteiger partial charge in [-0.05, 0) is 48.9 Å². The van der Waals surface area contributed by atoms with Crippen LogP contribution in [-0.2, 0) is 17.6 Å². The summed E-state index contributed by atoms with van der Waals surface area (Å²) in [5.74, 6) is 0. The maximum absolute atomic E-state index is 12.9. The van der Waals surface area contributed by atoms with Crippen molar-refractivity contribution in [2.45, 2.75) is 25.7 Å². The summed E-state index contributed by atoms with van der Waals surface area (Å²) < 4.78 is 6.76. The maximum atomic E-state index is 12.9. The predicted octanol–water partition coefficient (Wildman–Crippen LogP) is 3.06. The van der Waals surface area contributed by atoms with Crippen LogP contribution < -0.4 is 10.5 Å². The van der Waals surface area contributed by atoms with Crippen molar-refractivity contribution in [3.8, 4) is 0 Å². The fourth-order valence-electron chi connectivity index (χ4n) is 3.94. The summed E-state index contributed by atoms with van der Waals surface area (Å²) in [6.45, 7) is 3.38. The molecule has 0 unspecified atom stereocenters. The predicted molar refractivity (Wildman–Crippen MR) is 113 cm³/mol. The lowest BCUT2D eigenvalue weighted by Gasteiger charge is -2.28. The number of anilines is 1. The van der Waals surface area contributed by atoms with Gasteiger partial charge in [0.2, 0.25) is 0 Å². The molecule has 3 heterocycles. The molecule has 1 aromatic carbocycles. The molecule has 2 aliphatic rings. The van der Waals surface area contributed by atoms with Gasteiger partial charge in [0, 0.05) is 23.7 Å². The molecule has 144 valence electrons. The first-order valence-corrected chi connectivity index (χ1v) is 10.6. The maximum Gasteiger partial charge on any atom is 0.282 e. The van der Waals surface area contributed by atoms with Crippen LogP contribution in [0.3, 0.4) is 0 Å². The molecule has 0 N–H and O–H groups in total. The van der Waals surface area contributed by atoms with E-state index in [1.54, 1.807) is 17.6 Å². The minimum atomic E-state index is -0.0643. The first-order chi connectivity index (χ1) is 13.8. The monoisotopic (exact) mass is 394 g/mol. The molecule has 6 nitrogen and oxygen atoms in total. The van der Waals surface area contributed by atoms with E-state index in [4.69, 9.17) is 4.74 Å². The highest BCUT2D eigenvalue weighted by Gasteiger charge is 2.19. The second-order valence-electron chi connectivity index (χ2n) is 7.22. The van der Waals surface area contributed by atoms with Crippen LogP contribution in [0.4, 0.5) is 5.69 Å². The summed E-state index contributed by atoms with van der Waals surface area (Å²) in [6.07, 6.45) is 7.64. The molecule has 0 saturated carbocycles. The third kappa shape index (κ3) is 3.25. The summed E-state index contributed by atoms with van der Waals surface area (Å²) in [7, 11) is 0. The SMILES string of the molecule is O=c1c2c3c(sc2ncn1N=Cc1ccc(N2CCOCC2)cc1)CCCC3. The Bertz CT molecular complexity index is 1080. The van der Waals surface area contributed by atoms with Crippen molar-refractivity contribution >= 4 is 33.5 Å². The molecule has 1 saturated heterocycles. The number of morpholine rings is 1. The third-order valence-electron chi connectivity index (χ3n) is 5.46. The topological polar surface area (TPSA) is 59.7 Å². The van der Waals surface area contributed by atoms with Gasteiger partial charge in [0.05, 0.1) is 24.8 Å². The van der Waals surface area contributed by atoms with Crippen LogP contribution >= 0.6 is 11.3 Å². The summed E-state index contributed by atoms with van der Waals surface area (Å²) in [6, 6.07) is 8.23. The van der Waals surface area contributed by atoms with E-state index in [0.717, 1.165) is 61.3 Å². The first kappa shape index (κ1) is 17.6. The van der Waals surface area contributed by atoms with Crippen LogP contribution in [0.2, 0.25) is 0 Å². The fourth-order valence-corrected chi connectivity index (χ4v) is 5.16. The van der Waals surface area contributed by atoms with E-state index >= 15 is 0 Å². The van der Waals surface area contributed by atoms with E-state index in [0.29, 0.717) is 0 Å². The highest BCUT2D eigenvalue weighted by molar-refractivity contribution is 7.18. The summed E-state index contributed by atoms with van der Waals surface area (Å²) in [5, 5.41) is 5.15. The number of aromatic nitrogens is 2. The van der Waals surface area contributed by atoms with E-state index < -0.39 is 0 Å². The van der Waals surface area contributed by atoms with E-state index in [1.165, 1.54) is 33.6 Å². The molecule has 1 aliphatic heterocycles. The summed E-state index contributed by atoms with van der Waals surface area (Å²) >= 11 is 1.66. The van der Waals surface area contributed by atoms with Crippen molar-refractivity contribution < 1.29 is 4.74 Å². The van der Waals surface area contributed by atoms with E-state index in [-0.39, 0.29) is 5.56 Å². The van der Waals surface area contributed by atoms with Crippen LogP contribution in [0.25, 0.3) is 10.2 Å². The normalized spacial score (nSPS) is 17.4. The first-order valence-electron chi connectivity index (χ1n) is 9.78. The van der Waals surface area contributed by atoms with Crippen molar-refractivity contribution in [3.63, 3.8) is 0 Å². The summed E-state index contributed by atoms with van der Waals surface area (Å²) in [4.78, 5) is 21.9. The fraction of sp³-hybridized carbons (Fsp3) is 0.381. The Morgan fingerprint density at radius 2 is 1.89 bits per heavy atom. The highest BCUT2D eigenvalue weighted by Crippen LogP contribution is 2.33. The smallest absolute Gasteiger partial charge is 0.282 e. The van der Waals surface area contributed by atoms with Gasteiger partial charge in [-0.3, -0.25) is 4.79 Å². The largest absolute Gasteiger partial charge is 0.378 e. The summed E-state index contributed by atoms with van der Waals surface area (Å²) in [5.41, 5.74) is 3.27. The average molecular weight is 395 g/mol. The van der Waals surface area contributed by atoms with Crippen molar-refractivity contribution in [3.05, 3.63) is 57.0 Å². The number of hydrogen-bond donors (Lipinski definition) is 0. The van der Waals surface area contributed by atoms with Crippen LogP contribution in [0.15, 0.2) is 40.5 Å². The Balaban J connectivity index is 1.41. The molecule has 7 heteroatoms. The Hall–Kier alpha value is -2.51. The Labute approximate surface area is 167 Å². The molecular formula is C21H22N4O2S. The molecule has 1 aliphatic carbocycles. The average Bonchev–Trinajstić information content (AvgIpc) is 3.14. The number of fused-ring (bicyclic) bond motifs is 3. The molecule has 2 aromatic heterocycles. The van der Waals surface area contributed by atoms with Crippen LogP contribution in [0.5, 0.6) is 0 Å². The van der Waals surface area contributed by atoms with Gasteiger partial charge in [-0.15, -0.1) is 11.3 Å². The minimum Gasteiger partial charge on any atom is -0.378 e. The zero-order valence-corrected chi connectivity index (χ0v) is 16.5. The number of benzene rings is 1. The van der Waals surface area contributed by atoms with Crippen molar-refractivity contribution in [1.82, 2.24) is 9.66 Å². The van der Waals surface area contributed by atoms with Gasteiger partial charge < -0.3 is 9.64 Å². The number of rotatable bonds is 3.